The van der Waals surface area contributed by atoms with E-state index in [-0.39, 0.29) is 18.1 Å². The van der Waals surface area contributed by atoms with Crippen molar-refractivity contribution in [3.63, 3.8) is 0 Å². The molecule has 6 nitrogen and oxygen atoms in total. The van der Waals surface area contributed by atoms with Crippen molar-refractivity contribution < 1.29 is 24.1 Å². The second-order valence-electron chi connectivity index (χ2n) is 8.76. The fourth-order valence-corrected chi connectivity index (χ4v) is 4.51. The van der Waals surface area contributed by atoms with Gasteiger partial charge in [-0.2, -0.15) is 0 Å². The van der Waals surface area contributed by atoms with Crippen LogP contribution in [0.1, 0.15) is 35.6 Å². The summed E-state index contributed by atoms with van der Waals surface area (Å²) in [5.41, 5.74) is 6.89. The highest BCUT2D eigenvalue weighted by atomic mass is 16.5. The molecular formula is C30H31NO5. The van der Waals surface area contributed by atoms with Crippen LogP contribution in [0.15, 0.2) is 66.2 Å². The molecule has 0 heterocycles. The predicted molar refractivity (Wildman–Crippen MR) is 142 cm³/mol. The minimum atomic E-state index is -0.0429. The molecule has 1 N–H and O–H groups in total. The third kappa shape index (κ3) is 4.93. The number of ether oxygens (including phenoxy) is 3. The number of benzene rings is 3. The van der Waals surface area contributed by atoms with E-state index in [4.69, 9.17) is 14.2 Å². The lowest BCUT2D eigenvalue weighted by Gasteiger charge is -2.18. The van der Waals surface area contributed by atoms with Gasteiger partial charge in [0.15, 0.2) is 11.5 Å². The van der Waals surface area contributed by atoms with E-state index in [9.17, 15) is 9.90 Å². The number of rotatable bonds is 8. The van der Waals surface area contributed by atoms with Gasteiger partial charge >= 0.3 is 0 Å². The van der Waals surface area contributed by atoms with Crippen molar-refractivity contribution in [2.45, 2.75) is 19.9 Å². The molecule has 4 rings (SSSR count). The van der Waals surface area contributed by atoms with Crippen LogP contribution >= 0.6 is 0 Å². The van der Waals surface area contributed by atoms with Gasteiger partial charge in [0.2, 0.25) is 11.7 Å². The van der Waals surface area contributed by atoms with Gasteiger partial charge in [-0.25, -0.2) is 0 Å². The van der Waals surface area contributed by atoms with Gasteiger partial charge in [-0.15, -0.1) is 0 Å². The molecule has 0 spiro atoms. The van der Waals surface area contributed by atoms with Crippen LogP contribution in [0.3, 0.4) is 0 Å². The van der Waals surface area contributed by atoms with Gasteiger partial charge < -0.3 is 24.2 Å². The molecule has 0 aliphatic heterocycles. The van der Waals surface area contributed by atoms with Crippen molar-refractivity contribution in [2.75, 3.05) is 28.4 Å². The zero-order chi connectivity index (χ0) is 25.8. The van der Waals surface area contributed by atoms with Crippen molar-refractivity contribution in [2.24, 2.45) is 0 Å². The smallest absolute Gasteiger partial charge is 0.227 e. The average molecular weight is 486 g/mol. The van der Waals surface area contributed by atoms with Crippen LogP contribution < -0.4 is 14.2 Å². The van der Waals surface area contributed by atoms with Gasteiger partial charge in [0.1, 0.15) is 5.75 Å². The Morgan fingerprint density at radius 3 is 2.19 bits per heavy atom. The normalized spacial score (nSPS) is 13.5. The fraction of sp³-hybridized carbons (Fsp3) is 0.233. The van der Waals surface area contributed by atoms with E-state index >= 15 is 0 Å². The molecule has 1 aliphatic rings. The molecule has 36 heavy (non-hydrogen) atoms. The zero-order valence-corrected chi connectivity index (χ0v) is 21.3. The number of carbonyl (C=O) groups is 1. The molecule has 6 heteroatoms. The largest absolute Gasteiger partial charge is 0.502 e. The Bertz CT molecular complexity index is 1320. The van der Waals surface area contributed by atoms with Crippen LogP contribution in [0.2, 0.25) is 0 Å². The van der Waals surface area contributed by atoms with Crippen LogP contribution in [-0.2, 0) is 11.3 Å². The predicted octanol–water partition coefficient (Wildman–Crippen LogP) is 5.79. The van der Waals surface area contributed by atoms with Gasteiger partial charge in [-0.3, -0.25) is 4.79 Å². The summed E-state index contributed by atoms with van der Waals surface area (Å²) in [6, 6.07) is 19.4. The van der Waals surface area contributed by atoms with Crippen LogP contribution in [0.4, 0.5) is 0 Å². The van der Waals surface area contributed by atoms with E-state index < -0.39 is 0 Å². The minimum Gasteiger partial charge on any atom is -0.502 e. The first-order valence-electron chi connectivity index (χ1n) is 11.7. The van der Waals surface area contributed by atoms with Crippen molar-refractivity contribution in [1.29, 1.82) is 0 Å². The number of phenols is 1. The molecule has 3 aromatic rings. The van der Waals surface area contributed by atoms with Gasteiger partial charge in [-0.05, 0) is 76.2 Å². The molecule has 0 saturated heterocycles. The number of amides is 1. The molecule has 0 atom stereocenters. The number of carbonyl (C=O) groups excluding carboxylic acids is 1. The number of nitrogens with zero attached hydrogens (tertiary/aromatic N) is 1. The summed E-state index contributed by atoms with van der Waals surface area (Å²) in [7, 11) is 6.47. The van der Waals surface area contributed by atoms with E-state index in [1.165, 1.54) is 14.2 Å². The molecule has 1 amide bonds. The second-order valence-corrected chi connectivity index (χ2v) is 8.76. The number of methoxy groups -OCH3 is 3. The van der Waals surface area contributed by atoms with E-state index in [1.807, 2.05) is 68.6 Å². The van der Waals surface area contributed by atoms with Crippen LogP contribution in [-0.4, -0.2) is 44.3 Å². The third-order valence-electron chi connectivity index (χ3n) is 6.53. The monoisotopic (exact) mass is 485 g/mol. The first kappa shape index (κ1) is 24.9. The van der Waals surface area contributed by atoms with E-state index in [0.717, 1.165) is 44.7 Å². The van der Waals surface area contributed by atoms with E-state index in [2.05, 4.69) is 0 Å². The number of hydrogen-bond donors (Lipinski definition) is 1. The molecule has 0 fully saturated rings. The highest BCUT2D eigenvalue weighted by Crippen LogP contribution is 2.46. The third-order valence-corrected chi connectivity index (χ3v) is 6.53. The first-order valence-corrected chi connectivity index (χ1v) is 11.7. The lowest BCUT2D eigenvalue weighted by atomic mass is 10.00. The summed E-state index contributed by atoms with van der Waals surface area (Å²) in [5.74, 6) is 1.38. The average Bonchev–Trinajstić information content (AvgIpc) is 3.15. The van der Waals surface area contributed by atoms with Crippen molar-refractivity contribution >= 4 is 23.1 Å². The highest BCUT2D eigenvalue weighted by Gasteiger charge is 2.27. The molecule has 0 bridgehead atoms. The number of phenolic OH excluding ortho intramolecular Hbond substituents is 1. The molecule has 3 aromatic carbocycles. The summed E-state index contributed by atoms with van der Waals surface area (Å²) in [6.07, 6.45) is 2.30. The lowest BCUT2D eigenvalue weighted by molar-refractivity contribution is -0.129. The minimum absolute atomic E-state index is 0.0381. The summed E-state index contributed by atoms with van der Waals surface area (Å²) >= 11 is 0. The summed E-state index contributed by atoms with van der Waals surface area (Å²) in [4.78, 5) is 15.0. The van der Waals surface area contributed by atoms with Gasteiger partial charge in [0, 0.05) is 13.6 Å². The second kappa shape index (κ2) is 10.6. The van der Waals surface area contributed by atoms with Gasteiger partial charge in [-0.1, -0.05) is 36.4 Å². The topological polar surface area (TPSA) is 68.2 Å². The summed E-state index contributed by atoms with van der Waals surface area (Å²) in [5, 5.41) is 10.3. The Hall–Kier alpha value is -4.19. The molecule has 0 radical (unpaired) electrons. The standard InChI is InChI=1S/C30H31NO5/c1-19-24(13-21-14-27(35-4)30(33)28(15-21)36-5)23-12-11-22(34-3)16-26(23)25(19)17-29(32)31(2)18-20-9-7-6-8-10-20/h6-16,33H,17-18H2,1-5H3. The van der Waals surface area contributed by atoms with E-state index in [1.54, 1.807) is 24.1 Å². The Balaban J connectivity index is 1.73. The Morgan fingerprint density at radius 2 is 1.58 bits per heavy atom. The van der Waals surface area contributed by atoms with E-state index in [0.29, 0.717) is 18.0 Å². The Labute approximate surface area is 212 Å². The Kier molecular flexibility index (Phi) is 7.34. The highest BCUT2D eigenvalue weighted by molar-refractivity contribution is 6.08. The van der Waals surface area contributed by atoms with Crippen molar-refractivity contribution in [1.82, 2.24) is 4.90 Å². The number of fused-ring (bicyclic) bond motifs is 1. The van der Waals surface area contributed by atoms with Crippen molar-refractivity contribution in [3.8, 4) is 23.0 Å². The summed E-state index contributed by atoms with van der Waals surface area (Å²) < 4.78 is 16.1. The van der Waals surface area contributed by atoms with Crippen LogP contribution in [0.5, 0.6) is 23.0 Å². The van der Waals surface area contributed by atoms with Crippen LogP contribution in [0, 0.1) is 0 Å². The number of hydrogen-bond acceptors (Lipinski definition) is 5. The molecule has 0 saturated carbocycles. The zero-order valence-electron chi connectivity index (χ0n) is 21.3. The SMILES string of the molecule is COc1ccc2c(c1)C(CC(=O)N(C)Cc1ccccc1)=C(C)C2=Cc1cc(OC)c(O)c(OC)c1. The quantitative estimate of drug-likeness (QED) is 0.437. The molecular weight excluding hydrogens is 454 g/mol. The fourth-order valence-electron chi connectivity index (χ4n) is 4.51. The summed E-state index contributed by atoms with van der Waals surface area (Å²) in [6.45, 7) is 2.58. The molecule has 186 valence electrons. The Morgan fingerprint density at radius 1 is 0.917 bits per heavy atom. The maximum atomic E-state index is 13.3. The molecule has 1 aliphatic carbocycles. The lowest BCUT2D eigenvalue weighted by Crippen LogP contribution is -2.26. The molecule has 0 aromatic heterocycles. The van der Waals surface area contributed by atoms with Gasteiger partial charge in [0.05, 0.1) is 27.8 Å². The number of aromatic hydroxyl groups is 1. The molecule has 0 unspecified atom stereocenters. The maximum Gasteiger partial charge on any atom is 0.227 e. The van der Waals surface area contributed by atoms with Crippen molar-refractivity contribution in [3.05, 3.63) is 88.5 Å². The van der Waals surface area contributed by atoms with Gasteiger partial charge in [0.25, 0.3) is 0 Å². The maximum absolute atomic E-state index is 13.3. The number of allylic oxidation sites excluding steroid dienone is 2. The van der Waals surface area contributed by atoms with Crippen LogP contribution in [0.25, 0.3) is 17.2 Å². The first-order chi connectivity index (χ1) is 17.4.